The number of nitrogens with one attached hydrogen (secondary N) is 1. The number of phenols is 1. The molecule has 3 aromatic rings. The molecule has 0 saturated carbocycles. The number of nitro groups is 1. The maximum Gasteiger partial charge on any atom is 0.312 e. The smallest absolute Gasteiger partial charge is 0.312 e. The van der Waals surface area contributed by atoms with Crippen LogP contribution >= 0.6 is 11.6 Å². The minimum Gasteiger partial charge on any atom is -0.502 e. The molecule has 0 aliphatic rings. The topological polar surface area (TPSA) is 136 Å². The van der Waals surface area contributed by atoms with Gasteiger partial charge in [0.2, 0.25) is 5.75 Å². The first-order valence-electron chi connectivity index (χ1n) is 7.22. The van der Waals surface area contributed by atoms with E-state index in [0.717, 1.165) is 12.3 Å². The highest BCUT2D eigenvalue weighted by molar-refractivity contribution is 6.31. The fraction of sp³-hybridized carbons (Fsp3) is 0.0667. The number of phenolic OH excluding ortho intramolecular Hbond substituents is 1. The second kappa shape index (κ2) is 7.15. The number of halogens is 1. The van der Waals surface area contributed by atoms with Crippen LogP contribution in [0.1, 0.15) is 5.56 Å². The van der Waals surface area contributed by atoms with Gasteiger partial charge in [-0.05, 0) is 18.2 Å². The Bertz CT molecular complexity index is 1030. The number of amides is 1. The van der Waals surface area contributed by atoms with Crippen molar-refractivity contribution in [2.24, 2.45) is 5.10 Å². The third-order valence-electron chi connectivity index (χ3n) is 3.39. The van der Waals surface area contributed by atoms with Gasteiger partial charge in [-0.3, -0.25) is 14.9 Å². The molecule has 0 radical (unpaired) electrons. The van der Waals surface area contributed by atoms with Gasteiger partial charge >= 0.3 is 5.69 Å². The highest BCUT2D eigenvalue weighted by atomic mass is 35.5. The number of fused-ring (bicyclic) bond motifs is 1. The number of hydrazone groups is 1. The van der Waals surface area contributed by atoms with Crippen molar-refractivity contribution >= 4 is 40.4 Å². The maximum absolute atomic E-state index is 12.0. The summed E-state index contributed by atoms with van der Waals surface area (Å²) in [6.07, 6.45) is 1.06. The average molecular weight is 375 g/mol. The van der Waals surface area contributed by atoms with E-state index in [9.17, 15) is 20.0 Å². The number of aromatic nitrogens is 3. The zero-order valence-corrected chi connectivity index (χ0v) is 13.8. The van der Waals surface area contributed by atoms with Gasteiger partial charge in [0.05, 0.1) is 16.7 Å². The number of nitro benzene ring substituents is 1. The first-order chi connectivity index (χ1) is 12.5. The number of para-hydroxylation sites is 1. The molecule has 0 saturated heterocycles. The van der Waals surface area contributed by atoms with E-state index >= 15 is 0 Å². The predicted octanol–water partition coefficient (Wildman–Crippen LogP) is 1.85. The van der Waals surface area contributed by atoms with Crippen LogP contribution in [-0.4, -0.2) is 37.1 Å². The van der Waals surface area contributed by atoms with E-state index in [1.165, 1.54) is 10.7 Å². The van der Waals surface area contributed by atoms with E-state index in [-0.39, 0.29) is 17.1 Å². The number of carbonyl (C=O) groups is 1. The first-order valence-corrected chi connectivity index (χ1v) is 7.60. The number of nitrogens with zero attached hydrogens (tertiary/aromatic N) is 5. The summed E-state index contributed by atoms with van der Waals surface area (Å²) in [7, 11) is 0. The van der Waals surface area contributed by atoms with Crippen molar-refractivity contribution in [2.45, 2.75) is 6.54 Å². The van der Waals surface area contributed by atoms with Gasteiger partial charge < -0.3 is 5.11 Å². The van der Waals surface area contributed by atoms with Crippen LogP contribution in [0.25, 0.3) is 11.0 Å². The molecule has 2 aromatic carbocycles. The summed E-state index contributed by atoms with van der Waals surface area (Å²) >= 11 is 5.77. The lowest BCUT2D eigenvalue weighted by Crippen LogP contribution is -2.23. The Labute approximate surface area is 150 Å². The minimum atomic E-state index is -0.771. The normalized spacial score (nSPS) is 11.1. The van der Waals surface area contributed by atoms with Crippen LogP contribution in [0.15, 0.2) is 41.5 Å². The molecule has 1 amide bonds. The lowest BCUT2D eigenvalue weighted by molar-refractivity contribution is -0.385. The fourth-order valence-electron chi connectivity index (χ4n) is 2.22. The molecule has 10 nitrogen and oxygen atoms in total. The predicted molar refractivity (Wildman–Crippen MR) is 93.0 cm³/mol. The van der Waals surface area contributed by atoms with E-state index in [0.29, 0.717) is 11.0 Å². The van der Waals surface area contributed by atoms with Crippen molar-refractivity contribution in [1.82, 2.24) is 20.4 Å². The Morgan fingerprint density at radius 3 is 2.96 bits per heavy atom. The van der Waals surface area contributed by atoms with E-state index in [2.05, 4.69) is 20.8 Å². The summed E-state index contributed by atoms with van der Waals surface area (Å²) in [6, 6.07) is 9.45. The van der Waals surface area contributed by atoms with Crippen LogP contribution < -0.4 is 5.43 Å². The molecular weight excluding hydrogens is 364 g/mol. The third-order valence-corrected chi connectivity index (χ3v) is 3.61. The van der Waals surface area contributed by atoms with Gasteiger partial charge in [-0.1, -0.05) is 28.9 Å². The zero-order chi connectivity index (χ0) is 18.7. The number of hydrogen-bond acceptors (Lipinski definition) is 7. The van der Waals surface area contributed by atoms with Gasteiger partial charge in [0, 0.05) is 16.7 Å². The van der Waals surface area contributed by atoms with E-state index in [1.807, 2.05) is 6.07 Å². The Morgan fingerprint density at radius 2 is 2.19 bits per heavy atom. The second-order valence-electron chi connectivity index (χ2n) is 5.15. The molecule has 0 atom stereocenters. The lowest BCUT2D eigenvalue weighted by Gasteiger charge is -2.03. The van der Waals surface area contributed by atoms with Crippen LogP contribution in [0.3, 0.4) is 0 Å². The van der Waals surface area contributed by atoms with Crippen molar-refractivity contribution in [3.05, 3.63) is 57.1 Å². The van der Waals surface area contributed by atoms with Crippen molar-refractivity contribution in [3.63, 3.8) is 0 Å². The summed E-state index contributed by atoms with van der Waals surface area (Å²) in [4.78, 5) is 22.0. The molecule has 0 unspecified atom stereocenters. The van der Waals surface area contributed by atoms with Crippen LogP contribution in [0.5, 0.6) is 5.75 Å². The molecule has 11 heteroatoms. The van der Waals surface area contributed by atoms with Crippen LogP contribution in [0.4, 0.5) is 5.69 Å². The monoisotopic (exact) mass is 374 g/mol. The van der Waals surface area contributed by atoms with Crippen molar-refractivity contribution in [2.75, 3.05) is 0 Å². The third kappa shape index (κ3) is 3.59. The highest BCUT2D eigenvalue weighted by Gasteiger charge is 2.17. The molecule has 1 aromatic heterocycles. The summed E-state index contributed by atoms with van der Waals surface area (Å²) in [6.45, 7) is -0.125. The molecule has 26 heavy (non-hydrogen) atoms. The van der Waals surface area contributed by atoms with Crippen molar-refractivity contribution in [1.29, 1.82) is 0 Å². The molecule has 1 heterocycles. The zero-order valence-electron chi connectivity index (χ0n) is 13.0. The fourth-order valence-corrected chi connectivity index (χ4v) is 2.44. The molecule has 0 bridgehead atoms. The Hall–Kier alpha value is -3.53. The molecule has 0 spiro atoms. The van der Waals surface area contributed by atoms with Crippen LogP contribution in [0.2, 0.25) is 5.02 Å². The summed E-state index contributed by atoms with van der Waals surface area (Å²) < 4.78 is 1.40. The molecule has 0 aliphatic carbocycles. The highest BCUT2D eigenvalue weighted by Crippen LogP contribution is 2.32. The minimum absolute atomic E-state index is 0.00398. The van der Waals surface area contributed by atoms with Gasteiger partial charge in [0.1, 0.15) is 12.1 Å². The molecule has 132 valence electrons. The van der Waals surface area contributed by atoms with Gasteiger partial charge in [-0.25, -0.2) is 10.1 Å². The Balaban J connectivity index is 1.71. The molecular formula is C15H11ClN6O4. The lowest BCUT2D eigenvalue weighted by atomic mass is 10.2. The van der Waals surface area contributed by atoms with Gasteiger partial charge in [-0.15, -0.1) is 5.10 Å². The number of carbonyl (C=O) groups excluding carboxylic acids is 1. The molecule has 0 aliphatic heterocycles. The van der Waals surface area contributed by atoms with Crippen molar-refractivity contribution < 1.29 is 14.8 Å². The van der Waals surface area contributed by atoms with E-state index < -0.39 is 22.3 Å². The Morgan fingerprint density at radius 1 is 1.42 bits per heavy atom. The summed E-state index contributed by atoms with van der Waals surface area (Å²) in [5.41, 5.74) is 3.03. The van der Waals surface area contributed by atoms with Gasteiger partial charge in [-0.2, -0.15) is 5.10 Å². The van der Waals surface area contributed by atoms with Crippen molar-refractivity contribution in [3.8, 4) is 5.75 Å². The van der Waals surface area contributed by atoms with E-state index in [4.69, 9.17) is 11.6 Å². The molecule has 3 rings (SSSR count). The molecule has 0 fully saturated rings. The average Bonchev–Trinajstić information content (AvgIpc) is 3.00. The van der Waals surface area contributed by atoms with Gasteiger partial charge in [0.25, 0.3) is 5.91 Å². The standard InChI is InChI=1S/C15H11ClN6O4/c16-10-5-9(15(24)13(6-10)22(25)26)7-17-19-14(23)8-21-12-4-2-1-3-11(12)18-20-21/h1-7,24H,8H2,(H,19,23)/b17-7-. The quantitative estimate of drug-likeness (QED) is 0.397. The maximum atomic E-state index is 12.0. The number of benzene rings is 2. The number of hydrogen-bond donors (Lipinski definition) is 2. The van der Waals surface area contributed by atoms with Crippen LogP contribution in [-0.2, 0) is 11.3 Å². The molecule has 2 N–H and O–H groups in total. The van der Waals surface area contributed by atoms with Crippen LogP contribution in [0, 0.1) is 10.1 Å². The first kappa shape index (κ1) is 17.3. The number of aromatic hydroxyl groups is 1. The van der Waals surface area contributed by atoms with Gasteiger partial charge in [0.15, 0.2) is 0 Å². The summed E-state index contributed by atoms with van der Waals surface area (Å²) in [5.74, 6) is -1.09. The van der Waals surface area contributed by atoms with E-state index in [1.54, 1.807) is 18.2 Å². The Kier molecular flexibility index (Phi) is 4.76. The number of rotatable bonds is 5. The SMILES string of the molecule is O=C(Cn1nnc2ccccc21)N/N=C\c1cc(Cl)cc([N+](=O)[O-])c1O. The summed E-state index contributed by atoms with van der Waals surface area (Å²) in [5, 5.41) is 32.2. The second-order valence-corrected chi connectivity index (χ2v) is 5.59. The largest absolute Gasteiger partial charge is 0.502 e.